The molecule has 2 saturated heterocycles. The Morgan fingerprint density at radius 1 is 1.29 bits per heavy atom. The van der Waals surface area contributed by atoms with Crippen LogP contribution in [0.25, 0.3) is 0 Å². The van der Waals surface area contributed by atoms with E-state index >= 15 is 0 Å². The minimum Gasteiger partial charge on any atom is -0.373 e. The van der Waals surface area contributed by atoms with Gasteiger partial charge in [0.25, 0.3) is 0 Å². The molecule has 0 saturated carbocycles. The zero-order valence-corrected chi connectivity index (χ0v) is 14.0. The molecule has 1 atom stereocenters. The zero-order chi connectivity index (χ0) is 16.4. The van der Waals surface area contributed by atoms with Crippen molar-refractivity contribution in [3.05, 3.63) is 36.2 Å². The van der Waals surface area contributed by atoms with Crippen LogP contribution in [0.2, 0.25) is 0 Å². The van der Waals surface area contributed by atoms with Crippen molar-refractivity contribution >= 4 is 5.95 Å². The van der Waals surface area contributed by atoms with Crippen LogP contribution in [0.1, 0.15) is 30.7 Å². The average Bonchev–Trinajstić information content (AvgIpc) is 3.18. The molecule has 2 N–H and O–H groups in total. The van der Waals surface area contributed by atoms with Gasteiger partial charge in [-0.25, -0.2) is 15.0 Å². The molecule has 24 heavy (non-hydrogen) atoms. The number of anilines is 1. The molecule has 2 aromatic heterocycles. The molecule has 1 spiro atoms. The number of rotatable bonds is 4. The van der Waals surface area contributed by atoms with E-state index in [9.17, 15) is 0 Å². The number of imidazole rings is 1. The Labute approximate surface area is 141 Å². The first-order valence-electron chi connectivity index (χ1n) is 8.61. The minimum atomic E-state index is 0.0174. The van der Waals surface area contributed by atoms with Gasteiger partial charge in [0.05, 0.1) is 30.3 Å². The maximum atomic E-state index is 6.21. The molecule has 2 fully saturated rings. The second kappa shape index (κ2) is 6.49. The Morgan fingerprint density at radius 2 is 2.08 bits per heavy atom. The fraction of sp³-hybridized carbons (Fsp3) is 0.588. The smallest absolute Gasteiger partial charge is 0.222 e. The number of hydrogen-bond acceptors (Lipinski definition) is 6. The first-order valence-corrected chi connectivity index (χ1v) is 8.61. The molecule has 0 aliphatic carbocycles. The second-order valence-corrected chi connectivity index (χ2v) is 6.86. The molecule has 0 amide bonds. The average molecular weight is 328 g/mol. The van der Waals surface area contributed by atoms with Crippen LogP contribution in [0.15, 0.2) is 24.8 Å². The summed E-state index contributed by atoms with van der Waals surface area (Å²) in [4.78, 5) is 18.5. The summed E-state index contributed by atoms with van der Waals surface area (Å²) in [6.07, 6.45) is 8.47. The third kappa shape index (κ3) is 3.27. The number of hydrogen-bond donors (Lipinski definition) is 2. The summed E-state index contributed by atoms with van der Waals surface area (Å²) in [5.41, 5.74) is 2.34. The van der Waals surface area contributed by atoms with Gasteiger partial charge in [-0.05, 0) is 32.3 Å². The van der Waals surface area contributed by atoms with Gasteiger partial charge in [-0.2, -0.15) is 0 Å². The minimum absolute atomic E-state index is 0.0174. The van der Waals surface area contributed by atoms with Crippen molar-refractivity contribution in [1.82, 2.24) is 24.8 Å². The molecular weight excluding hydrogens is 304 g/mol. The fourth-order valence-electron chi connectivity index (χ4n) is 3.72. The van der Waals surface area contributed by atoms with E-state index in [0.717, 1.165) is 51.2 Å². The third-order valence-corrected chi connectivity index (χ3v) is 5.18. The molecule has 128 valence electrons. The van der Waals surface area contributed by atoms with Gasteiger partial charge in [0.2, 0.25) is 5.95 Å². The third-order valence-electron chi connectivity index (χ3n) is 5.18. The molecule has 4 heterocycles. The molecule has 2 aliphatic rings. The Bertz CT molecular complexity index is 665. The SMILES string of the molecule is Cc1[nH]cnc1CN1CCC2(CC1)CC(Nc1ncccn1)CO2. The molecule has 7 nitrogen and oxygen atoms in total. The Hall–Kier alpha value is -1.99. The molecule has 1 unspecified atom stereocenters. The monoisotopic (exact) mass is 328 g/mol. The normalized spacial score (nSPS) is 23.6. The highest BCUT2D eigenvalue weighted by Crippen LogP contribution is 2.37. The highest BCUT2D eigenvalue weighted by atomic mass is 16.5. The molecule has 0 radical (unpaired) electrons. The number of likely N-dealkylation sites (tertiary alicyclic amines) is 1. The number of aromatic nitrogens is 4. The van der Waals surface area contributed by atoms with E-state index in [1.807, 2.05) is 6.07 Å². The summed E-state index contributed by atoms with van der Waals surface area (Å²) in [5.74, 6) is 0.689. The fourth-order valence-corrected chi connectivity index (χ4v) is 3.72. The highest BCUT2D eigenvalue weighted by Gasteiger charge is 2.42. The van der Waals surface area contributed by atoms with Crippen LogP contribution in [0, 0.1) is 6.92 Å². The van der Waals surface area contributed by atoms with E-state index in [4.69, 9.17) is 4.74 Å². The number of nitrogens with one attached hydrogen (secondary N) is 2. The molecule has 2 aromatic rings. The standard InChI is InChI=1S/C17H24N6O/c1-13-15(21-12-20-13)10-23-7-3-17(4-8-23)9-14(11-24-17)22-16-18-5-2-6-19-16/h2,5-6,12,14H,3-4,7-11H2,1H3,(H,20,21)(H,18,19,22). The maximum absolute atomic E-state index is 6.21. The van der Waals surface area contributed by atoms with Crippen molar-refractivity contribution in [3.8, 4) is 0 Å². The lowest BCUT2D eigenvalue weighted by atomic mass is 9.87. The quantitative estimate of drug-likeness (QED) is 0.890. The molecule has 2 aliphatic heterocycles. The number of piperidine rings is 1. The van der Waals surface area contributed by atoms with E-state index in [2.05, 4.69) is 37.1 Å². The van der Waals surface area contributed by atoms with E-state index in [1.54, 1.807) is 18.7 Å². The largest absolute Gasteiger partial charge is 0.373 e. The zero-order valence-electron chi connectivity index (χ0n) is 14.0. The van der Waals surface area contributed by atoms with Crippen molar-refractivity contribution in [1.29, 1.82) is 0 Å². The molecule has 0 aromatic carbocycles. The van der Waals surface area contributed by atoms with E-state index < -0.39 is 0 Å². The van der Waals surface area contributed by atoms with E-state index in [-0.39, 0.29) is 5.60 Å². The number of H-pyrrole nitrogens is 1. The molecule has 4 rings (SSSR count). The Morgan fingerprint density at radius 3 is 2.79 bits per heavy atom. The van der Waals surface area contributed by atoms with Gasteiger partial charge in [0.15, 0.2) is 0 Å². The predicted octanol–water partition coefficient (Wildman–Crippen LogP) is 1.74. The highest BCUT2D eigenvalue weighted by molar-refractivity contribution is 5.25. The first kappa shape index (κ1) is 15.5. The van der Waals surface area contributed by atoms with Gasteiger partial charge in [-0.15, -0.1) is 0 Å². The predicted molar refractivity (Wildman–Crippen MR) is 90.6 cm³/mol. The van der Waals surface area contributed by atoms with E-state index in [0.29, 0.717) is 12.0 Å². The maximum Gasteiger partial charge on any atom is 0.222 e. The summed E-state index contributed by atoms with van der Waals surface area (Å²) in [6.45, 7) is 5.85. The number of aromatic amines is 1. The number of ether oxygens (including phenoxy) is 1. The molecular formula is C17H24N6O. The summed E-state index contributed by atoms with van der Waals surface area (Å²) < 4.78 is 6.21. The van der Waals surface area contributed by atoms with Crippen LogP contribution in [-0.4, -0.2) is 56.2 Å². The molecule has 0 bridgehead atoms. The number of nitrogens with zero attached hydrogens (tertiary/aromatic N) is 4. The van der Waals surface area contributed by atoms with Crippen LogP contribution in [0.4, 0.5) is 5.95 Å². The summed E-state index contributed by atoms with van der Waals surface area (Å²) in [6, 6.07) is 2.13. The van der Waals surface area contributed by atoms with Gasteiger partial charge < -0.3 is 15.0 Å². The Balaban J connectivity index is 1.30. The van der Waals surface area contributed by atoms with Crippen LogP contribution in [0.3, 0.4) is 0 Å². The van der Waals surface area contributed by atoms with Crippen molar-refractivity contribution in [2.24, 2.45) is 0 Å². The lowest BCUT2D eigenvalue weighted by Gasteiger charge is -2.38. The summed E-state index contributed by atoms with van der Waals surface area (Å²) in [5, 5.41) is 3.39. The molecule has 7 heteroatoms. The van der Waals surface area contributed by atoms with Crippen LogP contribution < -0.4 is 5.32 Å². The lowest BCUT2D eigenvalue weighted by molar-refractivity contribution is -0.0450. The Kier molecular flexibility index (Phi) is 4.20. The van der Waals surface area contributed by atoms with Gasteiger partial charge in [-0.1, -0.05) is 0 Å². The summed E-state index contributed by atoms with van der Waals surface area (Å²) >= 11 is 0. The van der Waals surface area contributed by atoms with Crippen molar-refractivity contribution in [3.63, 3.8) is 0 Å². The summed E-state index contributed by atoms with van der Waals surface area (Å²) in [7, 11) is 0. The van der Waals surface area contributed by atoms with Gasteiger partial charge in [0.1, 0.15) is 0 Å². The van der Waals surface area contributed by atoms with Crippen LogP contribution in [-0.2, 0) is 11.3 Å². The van der Waals surface area contributed by atoms with Crippen LogP contribution in [0.5, 0.6) is 0 Å². The van der Waals surface area contributed by atoms with Crippen LogP contribution >= 0.6 is 0 Å². The number of aryl methyl sites for hydroxylation is 1. The van der Waals surface area contributed by atoms with Gasteiger partial charge >= 0.3 is 0 Å². The topological polar surface area (TPSA) is 79.0 Å². The van der Waals surface area contributed by atoms with Gasteiger partial charge in [-0.3, -0.25) is 4.90 Å². The second-order valence-electron chi connectivity index (χ2n) is 6.86. The first-order chi connectivity index (χ1) is 11.7. The lowest BCUT2D eigenvalue weighted by Crippen LogP contribution is -2.44. The van der Waals surface area contributed by atoms with E-state index in [1.165, 1.54) is 5.69 Å². The van der Waals surface area contributed by atoms with Crippen molar-refractivity contribution < 1.29 is 4.74 Å². The van der Waals surface area contributed by atoms with Crippen molar-refractivity contribution in [2.75, 3.05) is 25.0 Å². The van der Waals surface area contributed by atoms with Crippen molar-refractivity contribution in [2.45, 2.75) is 44.4 Å². The van der Waals surface area contributed by atoms with Gasteiger partial charge in [0, 0.05) is 37.7 Å².